The fourth-order valence-electron chi connectivity index (χ4n) is 5.29. The molecule has 0 aromatic heterocycles. The number of likely N-dealkylation sites (tertiary alicyclic amines) is 1. The highest BCUT2D eigenvalue weighted by Crippen LogP contribution is 2.39. The lowest BCUT2D eigenvalue weighted by Crippen LogP contribution is -2.52. The van der Waals surface area contributed by atoms with Crippen LogP contribution < -0.4 is 10.6 Å². The Labute approximate surface area is 158 Å². The second-order valence-electron chi connectivity index (χ2n) is 8.71. The molecular weight excluding hydrogens is 326 g/mol. The van der Waals surface area contributed by atoms with E-state index in [1.807, 2.05) is 0 Å². The highest BCUT2D eigenvalue weighted by Gasteiger charge is 2.38. The minimum absolute atomic E-state index is 0.0662. The number of hydrogen-bond donors (Lipinski definition) is 2. The molecule has 0 radical (unpaired) electrons. The zero-order valence-electron chi connectivity index (χ0n) is 16.5. The molecule has 3 fully saturated rings. The first-order valence-electron chi connectivity index (χ1n) is 11.0. The third-order valence-electron chi connectivity index (χ3n) is 6.85. The van der Waals surface area contributed by atoms with Gasteiger partial charge in [0.05, 0.1) is 0 Å². The van der Waals surface area contributed by atoms with Crippen molar-refractivity contribution < 1.29 is 9.59 Å². The van der Waals surface area contributed by atoms with Gasteiger partial charge in [-0.3, -0.25) is 4.79 Å². The van der Waals surface area contributed by atoms with Gasteiger partial charge in [-0.1, -0.05) is 39.0 Å². The Morgan fingerprint density at radius 3 is 2.50 bits per heavy atom. The van der Waals surface area contributed by atoms with Crippen molar-refractivity contribution in [2.45, 2.75) is 96.1 Å². The Hall–Kier alpha value is -1.26. The summed E-state index contributed by atoms with van der Waals surface area (Å²) in [4.78, 5) is 26.9. The van der Waals surface area contributed by atoms with E-state index in [0.29, 0.717) is 36.9 Å². The van der Waals surface area contributed by atoms with Gasteiger partial charge in [-0.15, -0.1) is 0 Å². The zero-order valence-corrected chi connectivity index (χ0v) is 16.5. The molecule has 0 aromatic carbocycles. The van der Waals surface area contributed by atoms with Crippen molar-refractivity contribution >= 4 is 11.9 Å². The normalized spacial score (nSPS) is 29.7. The molecule has 0 bridgehead atoms. The van der Waals surface area contributed by atoms with Crippen molar-refractivity contribution in [3.05, 3.63) is 0 Å². The lowest BCUT2D eigenvalue weighted by Gasteiger charge is -2.47. The summed E-state index contributed by atoms with van der Waals surface area (Å²) in [5.74, 6) is 1.76. The van der Waals surface area contributed by atoms with Crippen LogP contribution in [0.3, 0.4) is 0 Å². The summed E-state index contributed by atoms with van der Waals surface area (Å²) < 4.78 is 0. The number of urea groups is 1. The molecule has 3 aliphatic rings. The fourth-order valence-corrected chi connectivity index (χ4v) is 5.29. The number of carbonyl (C=O) groups excluding carboxylic acids is 2. The molecule has 1 aliphatic heterocycles. The predicted molar refractivity (Wildman–Crippen MR) is 104 cm³/mol. The molecule has 3 atom stereocenters. The summed E-state index contributed by atoms with van der Waals surface area (Å²) in [5.41, 5.74) is 0. The van der Waals surface area contributed by atoms with Gasteiger partial charge in [0.2, 0.25) is 5.91 Å². The first kappa shape index (κ1) is 19.5. The molecule has 5 nitrogen and oxygen atoms in total. The fraction of sp³-hybridized carbons (Fsp3) is 0.905. The lowest BCUT2D eigenvalue weighted by atomic mass is 9.72. The molecular formula is C21H37N3O2. The van der Waals surface area contributed by atoms with Gasteiger partial charge < -0.3 is 15.5 Å². The van der Waals surface area contributed by atoms with Crippen molar-refractivity contribution in [2.24, 2.45) is 11.8 Å². The minimum Gasteiger partial charge on any atom is -0.339 e. The smallest absolute Gasteiger partial charge is 0.315 e. The van der Waals surface area contributed by atoms with Gasteiger partial charge in [0.15, 0.2) is 0 Å². The first-order chi connectivity index (χ1) is 12.6. The Kier molecular flexibility index (Phi) is 7.21. The number of piperidine rings is 1. The van der Waals surface area contributed by atoms with Crippen molar-refractivity contribution in [2.75, 3.05) is 13.1 Å². The SMILES string of the molecule is CC1CCN(C(=O)CCCNC(=O)NC2CCCCC2)C2CCCCC12. The highest BCUT2D eigenvalue weighted by atomic mass is 16.2. The number of rotatable bonds is 5. The quantitative estimate of drug-likeness (QED) is 0.729. The average Bonchev–Trinajstić information content (AvgIpc) is 2.66. The number of hydrogen-bond acceptors (Lipinski definition) is 2. The third kappa shape index (κ3) is 5.14. The topological polar surface area (TPSA) is 61.4 Å². The maximum atomic E-state index is 12.7. The van der Waals surface area contributed by atoms with Crippen molar-refractivity contribution in [1.29, 1.82) is 0 Å². The van der Waals surface area contributed by atoms with E-state index in [-0.39, 0.29) is 6.03 Å². The summed E-state index contributed by atoms with van der Waals surface area (Å²) in [5, 5.41) is 6.00. The van der Waals surface area contributed by atoms with Gasteiger partial charge in [0.25, 0.3) is 0 Å². The zero-order chi connectivity index (χ0) is 18.4. The minimum atomic E-state index is -0.0662. The van der Waals surface area contributed by atoms with Crippen LogP contribution in [0.4, 0.5) is 4.79 Å². The first-order valence-corrected chi connectivity index (χ1v) is 11.0. The van der Waals surface area contributed by atoms with E-state index < -0.39 is 0 Å². The van der Waals surface area contributed by atoms with Crippen LogP contribution in [0, 0.1) is 11.8 Å². The molecule has 5 heteroatoms. The summed E-state index contributed by atoms with van der Waals surface area (Å²) in [6, 6.07) is 0.745. The summed E-state index contributed by atoms with van der Waals surface area (Å²) in [6.45, 7) is 3.87. The molecule has 148 valence electrons. The molecule has 2 saturated carbocycles. The van der Waals surface area contributed by atoms with Crippen LogP contribution in [0.2, 0.25) is 0 Å². The monoisotopic (exact) mass is 363 g/mol. The Morgan fingerprint density at radius 2 is 1.69 bits per heavy atom. The lowest BCUT2D eigenvalue weighted by molar-refractivity contribution is -0.139. The number of fused-ring (bicyclic) bond motifs is 1. The summed E-state index contributed by atoms with van der Waals surface area (Å²) >= 11 is 0. The molecule has 3 unspecified atom stereocenters. The molecule has 0 aromatic rings. The van der Waals surface area contributed by atoms with E-state index in [0.717, 1.165) is 38.1 Å². The molecule has 0 spiro atoms. The van der Waals surface area contributed by atoms with Crippen molar-refractivity contribution in [3.63, 3.8) is 0 Å². The second-order valence-corrected chi connectivity index (χ2v) is 8.71. The van der Waals surface area contributed by atoms with E-state index in [9.17, 15) is 9.59 Å². The van der Waals surface area contributed by atoms with E-state index in [1.165, 1.54) is 44.9 Å². The second kappa shape index (κ2) is 9.61. The molecule has 26 heavy (non-hydrogen) atoms. The number of carbonyl (C=O) groups is 2. The van der Waals surface area contributed by atoms with Gasteiger partial charge >= 0.3 is 6.03 Å². The third-order valence-corrected chi connectivity index (χ3v) is 6.85. The Balaban J connectivity index is 1.35. The van der Waals surface area contributed by atoms with E-state index in [4.69, 9.17) is 0 Å². The summed E-state index contributed by atoms with van der Waals surface area (Å²) in [7, 11) is 0. The molecule has 2 N–H and O–H groups in total. The molecule has 3 amide bonds. The predicted octanol–water partition coefficient (Wildman–Crippen LogP) is 3.83. The van der Waals surface area contributed by atoms with Crippen LogP contribution in [0.1, 0.15) is 84.0 Å². The Morgan fingerprint density at radius 1 is 0.962 bits per heavy atom. The maximum Gasteiger partial charge on any atom is 0.315 e. The van der Waals surface area contributed by atoms with E-state index >= 15 is 0 Å². The van der Waals surface area contributed by atoms with Gasteiger partial charge in [-0.25, -0.2) is 4.79 Å². The van der Waals surface area contributed by atoms with Gasteiger partial charge in [0.1, 0.15) is 0 Å². The molecule has 1 heterocycles. The van der Waals surface area contributed by atoms with E-state index in [1.54, 1.807) is 0 Å². The van der Waals surface area contributed by atoms with Crippen LogP contribution in [0.5, 0.6) is 0 Å². The van der Waals surface area contributed by atoms with Gasteiger partial charge in [-0.05, 0) is 50.4 Å². The number of nitrogens with zero attached hydrogens (tertiary/aromatic N) is 1. The number of nitrogens with one attached hydrogen (secondary N) is 2. The summed E-state index contributed by atoms with van der Waals surface area (Å²) in [6.07, 6.45) is 13.4. The number of amides is 3. The van der Waals surface area contributed by atoms with Gasteiger partial charge in [0, 0.05) is 31.6 Å². The van der Waals surface area contributed by atoms with Crippen LogP contribution >= 0.6 is 0 Å². The highest BCUT2D eigenvalue weighted by molar-refractivity contribution is 5.77. The maximum absolute atomic E-state index is 12.7. The van der Waals surface area contributed by atoms with Crippen LogP contribution in [0.15, 0.2) is 0 Å². The molecule has 3 rings (SSSR count). The standard InChI is InChI=1S/C21H37N3O2/c1-16-13-15-24(19-11-6-5-10-18(16)19)20(25)12-7-14-22-21(26)23-17-8-3-2-4-9-17/h16-19H,2-15H2,1H3,(H2,22,23,26). The molecule has 1 saturated heterocycles. The van der Waals surface area contributed by atoms with Crippen molar-refractivity contribution in [3.8, 4) is 0 Å². The van der Waals surface area contributed by atoms with Crippen LogP contribution in [-0.2, 0) is 4.79 Å². The van der Waals surface area contributed by atoms with Crippen LogP contribution in [0.25, 0.3) is 0 Å². The van der Waals surface area contributed by atoms with Crippen molar-refractivity contribution in [1.82, 2.24) is 15.5 Å². The largest absolute Gasteiger partial charge is 0.339 e. The van der Waals surface area contributed by atoms with Crippen LogP contribution in [-0.4, -0.2) is 42.0 Å². The van der Waals surface area contributed by atoms with E-state index in [2.05, 4.69) is 22.5 Å². The average molecular weight is 364 g/mol. The van der Waals surface area contributed by atoms with Gasteiger partial charge in [-0.2, -0.15) is 0 Å². The Bertz CT molecular complexity index is 476. The molecule has 2 aliphatic carbocycles.